The Morgan fingerprint density at radius 3 is 2.36 bits per heavy atom. The lowest BCUT2D eigenvalue weighted by Crippen LogP contribution is -2.21. The van der Waals surface area contributed by atoms with Crippen molar-refractivity contribution in [3.05, 3.63) is 47.5 Å². The van der Waals surface area contributed by atoms with Gasteiger partial charge in [0.05, 0.1) is 17.7 Å². The van der Waals surface area contributed by atoms with Crippen LogP contribution in [0.3, 0.4) is 0 Å². The molecule has 0 saturated heterocycles. The number of carbonyl (C=O) groups excluding carboxylic acids is 2. The number of ether oxygens (including phenoxy) is 2. The molecular formula is C15H15F3O4. The standard InChI is InChI=1S/C15H15F3O4/c1-4-21-14(20)9(2)13(22-10(3)19)11-7-5-6-8-12(11)15(16,17)18/h5-8,13H,2,4H2,1,3H3. The van der Waals surface area contributed by atoms with Gasteiger partial charge >= 0.3 is 18.1 Å². The molecule has 1 atom stereocenters. The summed E-state index contributed by atoms with van der Waals surface area (Å²) >= 11 is 0. The average Bonchev–Trinajstić information content (AvgIpc) is 2.43. The van der Waals surface area contributed by atoms with Gasteiger partial charge in [0.15, 0.2) is 6.10 Å². The molecule has 0 aliphatic rings. The fourth-order valence-corrected chi connectivity index (χ4v) is 1.80. The highest BCUT2D eigenvalue weighted by atomic mass is 19.4. The molecule has 1 aromatic carbocycles. The molecule has 0 aliphatic heterocycles. The molecule has 0 N–H and O–H groups in total. The average molecular weight is 316 g/mol. The van der Waals surface area contributed by atoms with Crippen LogP contribution in [0.15, 0.2) is 36.4 Å². The highest BCUT2D eigenvalue weighted by Gasteiger charge is 2.37. The Kier molecular flexibility index (Phi) is 5.73. The summed E-state index contributed by atoms with van der Waals surface area (Å²) in [5.74, 6) is -1.77. The van der Waals surface area contributed by atoms with Crippen LogP contribution in [0.1, 0.15) is 31.1 Å². The molecule has 0 saturated carbocycles. The molecule has 1 unspecified atom stereocenters. The number of halogens is 3. The Morgan fingerprint density at radius 1 is 1.27 bits per heavy atom. The van der Waals surface area contributed by atoms with Gasteiger partial charge in [-0.05, 0) is 13.0 Å². The van der Waals surface area contributed by atoms with E-state index in [0.717, 1.165) is 19.1 Å². The van der Waals surface area contributed by atoms with Gasteiger partial charge in [0.25, 0.3) is 0 Å². The molecule has 4 nitrogen and oxygen atoms in total. The van der Waals surface area contributed by atoms with Crippen LogP contribution < -0.4 is 0 Å². The van der Waals surface area contributed by atoms with Crippen molar-refractivity contribution in [3.63, 3.8) is 0 Å². The van der Waals surface area contributed by atoms with Gasteiger partial charge in [0, 0.05) is 12.5 Å². The van der Waals surface area contributed by atoms with Gasteiger partial charge < -0.3 is 9.47 Å². The van der Waals surface area contributed by atoms with Crippen molar-refractivity contribution in [3.8, 4) is 0 Å². The predicted octanol–water partition coefficient (Wildman–Crippen LogP) is 3.43. The summed E-state index contributed by atoms with van der Waals surface area (Å²) in [7, 11) is 0. The number of hydrogen-bond acceptors (Lipinski definition) is 4. The monoisotopic (exact) mass is 316 g/mol. The minimum atomic E-state index is -4.66. The lowest BCUT2D eigenvalue weighted by Gasteiger charge is -2.22. The molecule has 0 fully saturated rings. The van der Waals surface area contributed by atoms with Crippen molar-refractivity contribution < 1.29 is 32.2 Å². The number of rotatable bonds is 5. The molecule has 1 rings (SSSR count). The van der Waals surface area contributed by atoms with Crippen molar-refractivity contribution in [1.29, 1.82) is 0 Å². The van der Waals surface area contributed by atoms with Crippen LogP contribution in [0, 0.1) is 0 Å². The van der Waals surface area contributed by atoms with Crippen molar-refractivity contribution >= 4 is 11.9 Å². The summed E-state index contributed by atoms with van der Waals surface area (Å²) in [6.07, 6.45) is -6.22. The predicted molar refractivity (Wildman–Crippen MR) is 71.7 cm³/mol. The smallest absolute Gasteiger partial charge is 0.416 e. The lowest BCUT2D eigenvalue weighted by atomic mass is 9.97. The Bertz CT molecular complexity index is 578. The molecule has 0 aromatic heterocycles. The van der Waals surface area contributed by atoms with E-state index in [-0.39, 0.29) is 17.7 Å². The van der Waals surface area contributed by atoms with E-state index in [1.807, 2.05) is 0 Å². The maximum Gasteiger partial charge on any atom is 0.416 e. The van der Waals surface area contributed by atoms with E-state index in [0.29, 0.717) is 0 Å². The Hall–Kier alpha value is -2.31. The van der Waals surface area contributed by atoms with E-state index in [9.17, 15) is 22.8 Å². The Morgan fingerprint density at radius 2 is 1.86 bits per heavy atom. The second-order valence-corrected chi connectivity index (χ2v) is 4.32. The minimum Gasteiger partial charge on any atom is -0.463 e. The van der Waals surface area contributed by atoms with E-state index >= 15 is 0 Å². The fraction of sp³-hybridized carbons (Fsp3) is 0.333. The number of hydrogen-bond donors (Lipinski definition) is 0. The maximum absolute atomic E-state index is 13.1. The van der Waals surface area contributed by atoms with Crippen molar-refractivity contribution in [2.24, 2.45) is 0 Å². The third-order valence-corrected chi connectivity index (χ3v) is 2.69. The quantitative estimate of drug-likeness (QED) is 0.617. The van der Waals surface area contributed by atoms with E-state index in [4.69, 9.17) is 9.47 Å². The maximum atomic E-state index is 13.1. The van der Waals surface area contributed by atoms with Crippen molar-refractivity contribution in [1.82, 2.24) is 0 Å². The Labute approximate surface area is 125 Å². The van der Waals surface area contributed by atoms with Gasteiger partial charge in [-0.15, -0.1) is 0 Å². The van der Waals surface area contributed by atoms with Gasteiger partial charge in [0.2, 0.25) is 0 Å². The molecule has 22 heavy (non-hydrogen) atoms. The van der Waals surface area contributed by atoms with E-state index in [2.05, 4.69) is 6.58 Å². The molecular weight excluding hydrogens is 301 g/mol. The second kappa shape index (κ2) is 7.11. The van der Waals surface area contributed by atoms with Gasteiger partial charge in [-0.1, -0.05) is 24.8 Å². The highest BCUT2D eigenvalue weighted by Crippen LogP contribution is 2.38. The molecule has 0 radical (unpaired) electrons. The molecule has 0 bridgehead atoms. The highest BCUT2D eigenvalue weighted by molar-refractivity contribution is 5.89. The van der Waals surface area contributed by atoms with Crippen LogP contribution in [0.5, 0.6) is 0 Å². The van der Waals surface area contributed by atoms with Crippen LogP contribution in [0.25, 0.3) is 0 Å². The first-order valence-electron chi connectivity index (χ1n) is 6.37. The largest absolute Gasteiger partial charge is 0.463 e. The first kappa shape index (κ1) is 17.7. The molecule has 0 amide bonds. The van der Waals surface area contributed by atoms with Gasteiger partial charge in [-0.25, -0.2) is 4.79 Å². The van der Waals surface area contributed by atoms with Gasteiger partial charge in [-0.2, -0.15) is 13.2 Å². The number of alkyl halides is 3. The first-order valence-corrected chi connectivity index (χ1v) is 6.37. The van der Waals surface area contributed by atoms with Crippen LogP contribution in [0.2, 0.25) is 0 Å². The fourth-order valence-electron chi connectivity index (χ4n) is 1.80. The van der Waals surface area contributed by atoms with E-state index in [1.54, 1.807) is 0 Å². The summed E-state index contributed by atoms with van der Waals surface area (Å²) in [6.45, 7) is 5.99. The number of carbonyl (C=O) groups is 2. The Balaban J connectivity index is 3.32. The zero-order valence-corrected chi connectivity index (χ0v) is 12.1. The third-order valence-electron chi connectivity index (χ3n) is 2.69. The SMILES string of the molecule is C=C(C(=O)OCC)C(OC(C)=O)c1ccccc1C(F)(F)F. The molecule has 1 aromatic rings. The topological polar surface area (TPSA) is 52.6 Å². The van der Waals surface area contributed by atoms with Gasteiger partial charge in [0.1, 0.15) is 0 Å². The summed E-state index contributed by atoms with van der Waals surface area (Å²) in [5, 5.41) is 0. The second-order valence-electron chi connectivity index (χ2n) is 4.32. The summed E-state index contributed by atoms with van der Waals surface area (Å²) in [4.78, 5) is 22.9. The number of esters is 2. The van der Waals surface area contributed by atoms with Gasteiger partial charge in [-0.3, -0.25) is 4.79 Å². The summed E-state index contributed by atoms with van der Waals surface area (Å²) in [6, 6.07) is 4.51. The molecule has 0 aliphatic carbocycles. The third kappa shape index (κ3) is 4.34. The zero-order valence-electron chi connectivity index (χ0n) is 12.1. The van der Waals surface area contributed by atoms with Crippen LogP contribution in [0.4, 0.5) is 13.2 Å². The molecule has 7 heteroatoms. The molecule has 0 spiro atoms. The lowest BCUT2D eigenvalue weighted by molar-refractivity contribution is -0.151. The summed E-state index contributed by atoms with van der Waals surface area (Å²) < 4.78 is 48.8. The van der Waals surface area contributed by atoms with Crippen LogP contribution in [-0.2, 0) is 25.2 Å². The summed E-state index contributed by atoms with van der Waals surface area (Å²) in [5.41, 5.74) is -1.76. The molecule has 0 heterocycles. The van der Waals surface area contributed by atoms with Crippen molar-refractivity contribution in [2.45, 2.75) is 26.1 Å². The first-order chi connectivity index (χ1) is 10.2. The number of benzene rings is 1. The minimum absolute atomic E-state index is 0.0194. The van der Waals surface area contributed by atoms with Crippen LogP contribution >= 0.6 is 0 Å². The molecule has 120 valence electrons. The van der Waals surface area contributed by atoms with Crippen LogP contribution in [-0.4, -0.2) is 18.5 Å². The normalized spacial score (nSPS) is 12.4. The van der Waals surface area contributed by atoms with E-state index in [1.165, 1.54) is 19.1 Å². The van der Waals surface area contributed by atoms with E-state index < -0.39 is 29.8 Å². The zero-order chi connectivity index (χ0) is 16.9. The van der Waals surface area contributed by atoms with Crippen molar-refractivity contribution in [2.75, 3.05) is 6.61 Å².